The molecule has 1 saturated heterocycles. The quantitative estimate of drug-likeness (QED) is 0.889. The Morgan fingerprint density at radius 3 is 3.00 bits per heavy atom. The van der Waals surface area contributed by atoms with Gasteiger partial charge in [-0.3, -0.25) is 4.79 Å². The van der Waals surface area contributed by atoms with E-state index in [-0.39, 0.29) is 12.0 Å². The minimum atomic E-state index is -0.599. The summed E-state index contributed by atoms with van der Waals surface area (Å²) in [4.78, 5) is 14.1. The molecule has 1 aromatic heterocycles. The standard InChI is InChI=1S/C14H19NO3/c16-12(13-4-2-8-18-13)9-11-3-1-7-15(11)14(17)10-5-6-10/h2,4,8,10-12,16H,1,3,5-7,9H2. The number of nitrogens with zero attached hydrogens (tertiary/aromatic N) is 1. The lowest BCUT2D eigenvalue weighted by atomic mass is 10.0. The van der Waals surface area contributed by atoms with Crippen LogP contribution >= 0.6 is 0 Å². The van der Waals surface area contributed by atoms with Crippen molar-refractivity contribution in [1.82, 2.24) is 4.90 Å². The summed E-state index contributed by atoms with van der Waals surface area (Å²) in [5, 5.41) is 10.1. The fraction of sp³-hybridized carbons (Fsp3) is 0.643. The highest BCUT2D eigenvalue weighted by atomic mass is 16.4. The largest absolute Gasteiger partial charge is 0.467 e. The van der Waals surface area contributed by atoms with Gasteiger partial charge in [-0.1, -0.05) is 0 Å². The van der Waals surface area contributed by atoms with Gasteiger partial charge in [0.25, 0.3) is 0 Å². The molecule has 2 aliphatic rings. The molecule has 1 aliphatic carbocycles. The summed E-state index contributed by atoms with van der Waals surface area (Å²) in [7, 11) is 0. The molecular formula is C14H19NO3. The number of likely N-dealkylation sites (tertiary alicyclic amines) is 1. The topological polar surface area (TPSA) is 53.7 Å². The predicted molar refractivity (Wildman–Crippen MR) is 65.7 cm³/mol. The Kier molecular flexibility index (Phi) is 3.12. The van der Waals surface area contributed by atoms with Crippen LogP contribution in [-0.2, 0) is 4.79 Å². The van der Waals surface area contributed by atoms with Crippen molar-refractivity contribution in [3.63, 3.8) is 0 Å². The van der Waals surface area contributed by atoms with Crippen molar-refractivity contribution in [1.29, 1.82) is 0 Å². The van der Waals surface area contributed by atoms with E-state index in [4.69, 9.17) is 4.42 Å². The Labute approximate surface area is 107 Å². The molecule has 0 radical (unpaired) electrons. The smallest absolute Gasteiger partial charge is 0.225 e. The maximum atomic E-state index is 12.1. The van der Waals surface area contributed by atoms with Crippen LogP contribution in [0.15, 0.2) is 22.8 Å². The average molecular weight is 249 g/mol. The molecule has 1 amide bonds. The number of aliphatic hydroxyl groups is 1. The van der Waals surface area contributed by atoms with Crippen LogP contribution in [0.3, 0.4) is 0 Å². The molecule has 1 aliphatic heterocycles. The Morgan fingerprint density at radius 2 is 2.33 bits per heavy atom. The van der Waals surface area contributed by atoms with E-state index in [0.29, 0.717) is 18.1 Å². The third kappa shape index (κ3) is 2.29. The van der Waals surface area contributed by atoms with E-state index in [1.165, 1.54) is 0 Å². The molecule has 2 unspecified atom stereocenters. The van der Waals surface area contributed by atoms with Crippen LogP contribution < -0.4 is 0 Å². The number of hydrogen-bond donors (Lipinski definition) is 1. The Morgan fingerprint density at radius 1 is 1.50 bits per heavy atom. The van der Waals surface area contributed by atoms with Crippen molar-refractivity contribution in [3.05, 3.63) is 24.2 Å². The van der Waals surface area contributed by atoms with E-state index in [0.717, 1.165) is 32.2 Å². The molecule has 1 aromatic rings. The monoisotopic (exact) mass is 249 g/mol. The van der Waals surface area contributed by atoms with Gasteiger partial charge in [-0.15, -0.1) is 0 Å². The maximum Gasteiger partial charge on any atom is 0.225 e. The number of aliphatic hydroxyl groups excluding tert-OH is 1. The summed E-state index contributed by atoms with van der Waals surface area (Å²) in [6, 6.07) is 3.74. The fourth-order valence-corrected chi connectivity index (χ4v) is 2.79. The normalized spacial score (nSPS) is 25.4. The lowest BCUT2D eigenvalue weighted by Gasteiger charge is -2.26. The van der Waals surface area contributed by atoms with E-state index >= 15 is 0 Å². The van der Waals surface area contributed by atoms with Crippen LogP contribution in [0.25, 0.3) is 0 Å². The molecule has 2 fully saturated rings. The number of carbonyl (C=O) groups is 1. The van der Waals surface area contributed by atoms with Gasteiger partial charge in [-0.25, -0.2) is 0 Å². The van der Waals surface area contributed by atoms with Crippen molar-refractivity contribution in [3.8, 4) is 0 Å². The van der Waals surface area contributed by atoms with Crippen molar-refractivity contribution in [2.24, 2.45) is 5.92 Å². The van der Waals surface area contributed by atoms with Gasteiger partial charge in [0.2, 0.25) is 5.91 Å². The molecule has 18 heavy (non-hydrogen) atoms. The molecule has 2 atom stereocenters. The van der Waals surface area contributed by atoms with Crippen LogP contribution in [0.5, 0.6) is 0 Å². The van der Waals surface area contributed by atoms with Crippen LogP contribution in [-0.4, -0.2) is 28.5 Å². The number of rotatable bonds is 4. The lowest BCUT2D eigenvalue weighted by molar-refractivity contribution is -0.133. The molecule has 3 rings (SSSR count). The third-order valence-electron chi connectivity index (χ3n) is 3.95. The first-order valence-electron chi connectivity index (χ1n) is 6.77. The summed E-state index contributed by atoms with van der Waals surface area (Å²) < 4.78 is 5.21. The first-order valence-corrected chi connectivity index (χ1v) is 6.77. The highest BCUT2D eigenvalue weighted by Gasteiger charge is 2.38. The highest BCUT2D eigenvalue weighted by Crippen LogP contribution is 2.35. The van der Waals surface area contributed by atoms with Gasteiger partial charge in [-0.2, -0.15) is 0 Å². The molecular weight excluding hydrogens is 230 g/mol. The molecule has 4 heteroatoms. The first-order chi connectivity index (χ1) is 8.75. The lowest BCUT2D eigenvalue weighted by Crippen LogP contribution is -2.37. The maximum absolute atomic E-state index is 12.1. The molecule has 1 N–H and O–H groups in total. The van der Waals surface area contributed by atoms with Gasteiger partial charge in [0, 0.05) is 24.9 Å². The van der Waals surface area contributed by atoms with Gasteiger partial charge in [0.05, 0.1) is 6.26 Å². The Balaban J connectivity index is 1.62. The molecule has 4 nitrogen and oxygen atoms in total. The minimum Gasteiger partial charge on any atom is -0.467 e. The van der Waals surface area contributed by atoms with Gasteiger partial charge in [0.1, 0.15) is 11.9 Å². The Bertz CT molecular complexity index is 411. The molecule has 1 saturated carbocycles. The van der Waals surface area contributed by atoms with Crippen molar-refractivity contribution in [2.75, 3.05) is 6.54 Å². The second-order valence-electron chi connectivity index (χ2n) is 5.37. The highest BCUT2D eigenvalue weighted by molar-refractivity contribution is 5.81. The van der Waals surface area contributed by atoms with Gasteiger partial charge in [-0.05, 0) is 37.8 Å². The third-order valence-corrected chi connectivity index (χ3v) is 3.95. The zero-order valence-corrected chi connectivity index (χ0v) is 10.4. The van der Waals surface area contributed by atoms with Gasteiger partial charge in [0.15, 0.2) is 0 Å². The fourth-order valence-electron chi connectivity index (χ4n) is 2.79. The SMILES string of the molecule is O=C(C1CC1)N1CCCC1CC(O)c1ccco1. The van der Waals surface area contributed by atoms with E-state index < -0.39 is 6.10 Å². The average Bonchev–Trinajstić information content (AvgIpc) is 2.90. The summed E-state index contributed by atoms with van der Waals surface area (Å²) in [5.41, 5.74) is 0. The van der Waals surface area contributed by atoms with Crippen molar-refractivity contribution in [2.45, 2.75) is 44.2 Å². The Hall–Kier alpha value is -1.29. The van der Waals surface area contributed by atoms with Crippen LogP contribution in [0.4, 0.5) is 0 Å². The van der Waals surface area contributed by atoms with Crippen molar-refractivity contribution >= 4 is 5.91 Å². The van der Waals surface area contributed by atoms with E-state index in [9.17, 15) is 9.90 Å². The predicted octanol–water partition coefficient (Wildman–Crippen LogP) is 2.10. The van der Waals surface area contributed by atoms with E-state index in [1.54, 1.807) is 18.4 Å². The second-order valence-corrected chi connectivity index (χ2v) is 5.37. The minimum absolute atomic E-state index is 0.179. The summed E-state index contributed by atoms with van der Waals surface area (Å²) in [6.45, 7) is 0.852. The van der Waals surface area contributed by atoms with E-state index in [1.807, 2.05) is 4.90 Å². The summed E-state index contributed by atoms with van der Waals surface area (Å²) in [5.74, 6) is 1.16. The number of amides is 1. The summed E-state index contributed by atoms with van der Waals surface area (Å²) >= 11 is 0. The number of furan rings is 1. The zero-order chi connectivity index (χ0) is 12.5. The first kappa shape index (κ1) is 11.8. The van der Waals surface area contributed by atoms with Crippen LogP contribution in [0.2, 0.25) is 0 Å². The zero-order valence-electron chi connectivity index (χ0n) is 10.4. The second kappa shape index (κ2) is 4.76. The van der Waals surface area contributed by atoms with Gasteiger partial charge < -0.3 is 14.4 Å². The molecule has 0 aromatic carbocycles. The van der Waals surface area contributed by atoms with Crippen LogP contribution in [0, 0.1) is 5.92 Å². The molecule has 0 bridgehead atoms. The van der Waals surface area contributed by atoms with E-state index in [2.05, 4.69) is 0 Å². The van der Waals surface area contributed by atoms with Gasteiger partial charge >= 0.3 is 0 Å². The molecule has 98 valence electrons. The molecule has 2 heterocycles. The number of carbonyl (C=O) groups excluding carboxylic acids is 1. The van der Waals surface area contributed by atoms with Crippen molar-refractivity contribution < 1.29 is 14.3 Å². The number of hydrogen-bond acceptors (Lipinski definition) is 3. The molecule has 0 spiro atoms. The summed E-state index contributed by atoms with van der Waals surface area (Å²) in [6.07, 6.45) is 5.69. The van der Waals surface area contributed by atoms with Crippen LogP contribution in [0.1, 0.15) is 44.0 Å².